The molecule has 0 bridgehead atoms. The first-order chi connectivity index (χ1) is 9.74. The summed E-state index contributed by atoms with van der Waals surface area (Å²) in [4.78, 5) is 0. The molecule has 1 aliphatic rings. The van der Waals surface area contributed by atoms with Crippen LogP contribution in [0.15, 0.2) is 12.1 Å². The first-order valence-electron chi connectivity index (χ1n) is 7.22. The summed E-state index contributed by atoms with van der Waals surface area (Å²) < 4.78 is 16.3. The minimum absolute atomic E-state index is 0.298. The molecule has 0 radical (unpaired) electrons. The molecule has 1 aliphatic carbocycles. The second-order valence-corrected chi connectivity index (χ2v) is 5.26. The number of ether oxygens (including phenoxy) is 3. The predicted molar refractivity (Wildman–Crippen MR) is 79.9 cm³/mol. The Morgan fingerprint density at radius 3 is 2.00 bits per heavy atom. The van der Waals surface area contributed by atoms with Crippen molar-refractivity contribution < 1.29 is 14.2 Å². The number of nitrogens with one attached hydrogen (secondary N) is 1. The smallest absolute Gasteiger partial charge is 0.164 e. The van der Waals surface area contributed by atoms with E-state index in [2.05, 4.69) is 5.32 Å². The molecule has 4 heteroatoms. The van der Waals surface area contributed by atoms with Gasteiger partial charge < -0.3 is 19.5 Å². The molecule has 112 valence electrons. The van der Waals surface area contributed by atoms with E-state index in [-0.39, 0.29) is 0 Å². The number of rotatable bonds is 6. The van der Waals surface area contributed by atoms with Crippen molar-refractivity contribution in [1.29, 1.82) is 0 Å². The lowest BCUT2D eigenvalue weighted by atomic mass is 9.91. The van der Waals surface area contributed by atoms with Crippen molar-refractivity contribution in [2.45, 2.75) is 31.7 Å². The van der Waals surface area contributed by atoms with Crippen LogP contribution in [0.4, 0.5) is 0 Å². The van der Waals surface area contributed by atoms with Crippen molar-refractivity contribution >= 4 is 0 Å². The molecule has 0 saturated heterocycles. The summed E-state index contributed by atoms with van der Waals surface area (Å²) in [6.07, 6.45) is 5.17. The second kappa shape index (κ2) is 6.84. The molecule has 1 atom stereocenters. The van der Waals surface area contributed by atoms with Gasteiger partial charge in [0.25, 0.3) is 0 Å². The molecular formula is C16H25NO3. The van der Waals surface area contributed by atoms with E-state index in [1.807, 2.05) is 19.2 Å². The highest BCUT2D eigenvalue weighted by atomic mass is 16.5. The van der Waals surface area contributed by atoms with Gasteiger partial charge in [-0.25, -0.2) is 0 Å². The molecule has 0 aromatic heterocycles. The van der Waals surface area contributed by atoms with E-state index in [4.69, 9.17) is 14.2 Å². The summed E-state index contributed by atoms with van der Waals surface area (Å²) >= 11 is 0. The third-order valence-corrected chi connectivity index (χ3v) is 4.25. The van der Waals surface area contributed by atoms with Crippen LogP contribution >= 0.6 is 0 Å². The van der Waals surface area contributed by atoms with Crippen LogP contribution in [0.1, 0.15) is 37.3 Å². The third-order valence-electron chi connectivity index (χ3n) is 4.25. The van der Waals surface area contributed by atoms with Crippen LogP contribution in [-0.2, 0) is 0 Å². The van der Waals surface area contributed by atoms with E-state index in [0.717, 1.165) is 17.1 Å². The average Bonchev–Trinajstić information content (AvgIpc) is 3.01. The highest BCUT2D eigenvalue weighted by Crippen LogP contribution is 2.43. The van der Waals surface area contributed by atoms with Crippen LogP contribution in [0.3, 0.4) is 0 Å². The minimum atomic E-state index is 0.298. The fraction of sp³-hybridized carbons (Fsp3) is 0.625. The summed E-state index contributed by atoms with van der Waals surface area (Å²) in [5.74, 6) is 2.97. The Morgan fingerprint density at radius 2 is 1.50 bits per heavy atom. The summed E-state index contributed by atoms with van der Waals surface area (Å²) in [7, 11) is 7.02. The molecule has 0 aliphatic heterocycles. The summed E-state index contributed by atoms with van der Waals surface area (Å²) in [6, 6.07) is 4.25. The van der Waals surface area contributed by atoms with Gasteiger partial charge in [-0.3, -0.25) is 0 Å². The molecule has 4 nitrogen and oxygen atoms in total. The number of hydrogen-bond acceptors (Lipinski definition) is 4. The maximum absolute atomic E-state index is 5.55. The highest BCUT2D eigenvalue weighted by molar-refractivity contribution is 5.52. The quantitative estimate of drug-likeness (QED) is 0.868. The lowest BCUT2D eigenvalue weighted by Crippen LogP contribution is -2.24. The Bertz CT molecular complexity index is 442. The van der Waals surface area contributed by atoms with Gasteiger partial charge in [-0.05, 0) is 31.9 Å². The van der Waals surface area contributed by atoms with Gasteiger partial charge in [0.05, 0.1) is 21.3 Å². The second-order valence-electron chi connectivity index (χ2n) is 5.26. The molecule has 1 aromatic rings. The van der Waals surface area contributed by atoms with Crippen molar-refractivity contribution in [2.75, 3.05) is 28.4 Å². The van der Waals surface area contributed by atoms with Crippen molar-refractivity contribution in [3.63, 3.8) is 0 Å². The van der Waals surface area contributed by atoms with Gasteiger partial charge in [0, 0.05) is 17.7 Å². The monoisotopic (exact) mass is 279 g/mol. The Hall–Kier alpha value is -1.42. The van der Waals surface area contributed by atoms with Crippen LogP contribution in [0, 0.1) is 5.92 Å². The van der Waals surface area contributed by atoms with Gasteiger partial charge in [-0.15, -0.1) is 0 Å². The molecule has 1 fully saturated rings. The summed E-state index contributed by atoms with van der Waals surface area (Å²) in [6.45, 7) is 0. The Labute approximate surface area is 121 Å². The normalized spacial score (nSPS) is 17.0. The lowest BCUT2D eigenvalue weighted by molar-refractivity contribution is 0.335. The van der Waals surface area contributed by atoms with E-state index >= 15 is 0 Å². The number of methoxy groups -OCH3 is 3. The molecule has 0 heterocycles. The Balaban J connectivity index is 2.41. The molecular weight excluding hydrogens is 254 g/mol. The largest absolute Gasteiger partial charge is 0.496 e. The van der Waals surface area contributed by atoms with E-state index in [1.54, 1.807) is 21.3 Å². The highest BCUT2D eigenvalue weighted by Gasteiger charge is 2.28. The summed E-state index contributed by atoms with van der Waals surface area (Å²) in [5, 5.41) is 3.45. The predicted octanol–water partition coefficient (Wildman–Crippen LogP) is 3.16. The Morgan fingerprint density at radius 1 is 0.950 bits per heavy atom. The van der Waals surface area contributed by atoms with Crippen molar-refractivity contribution in [3.8, 4) is 17.2 Å². The third kappa shape index (κ3) is 2.85. The average molecular weight is 279 g/mol. The van der Waals surface area contributed by atoms with Gasteiger partial charge in [-0.2, -0.15) is 0 Å². The molecule has 1 saturated carbocycles. The first kappa shape index (κ1) is 15.0. The maximum atomic E-state index is 5.55. The fourth-order valence-corrected chi connectivity index (χ4v) is 3.23. The van der Waals surface area contributed by atoms with Crippen molar-refractivity contribution in [3.05, 3.63) is 17.7 Å². The SMILES string of the molecule is CNC(c1cc(OC)c(OC)cc1OC)C1CCCC1. The standard InChI is InChI=1S/C16H25NO3/c1-17-16(11-7-5-6-8-11)12-9-14(19-3)15(20-4)10-13(12)18-2/h9-11,16-17H,5-8H2,1-4H3. The van der Waals surface area contributed by atoms with Crippen molar-refractivity contribution in [1.82, 2.24) is 5.32 Å². The molecule has 1 aromatic carbocycles. The van der Waals surface area contributed by atoms with Crippen LogP contribution in [-0.4, -0.2) is 28.4 Å². The topological polar surface area (TPSA) is 39.7 Å². The lowest BCUT2D eigenvalue weighted by Gasteiger charge is -2.26. The van der Waals surface area contributed by atoms with Crippen LogP contribution in [0.25, 0.3) is 0 Å². The summed E-state index contributed by atoms with van der Waals surface area (Å²) in [5.41, 5.74) is 1.15. The molecule has 1 N–H and O–H groups in total. The molecule has 20 heavy (non-hydrogen) atoms. The van der Waals surface area contributed by atoms with Gasteiger partial charge in [-0.1, -0.05) is 12.8 Å². The van der Waals surface area contributed by atoms with E-state index in [0.29, 0.717) is 17.7 Å². The number of benzene rings is 1. The van der Waals surface area contributed by atoms with Crippen molar-refractivity contribution in [2.24, 2.45) is 5.92 Å². The first-order valence-corrected chi connectivity index (χ1v) is 7.22. The zero-order valence-electron chi connectivity index (χ0n) is 12.9. The van der Waals surface area contributed by atoms with E-state index in [9.17, 15) is 0 Å². The van der Waals surface area contributed by atoms with Gasteiger partial charge in [0.15, 0.2) is 11.5 Å². The zero-order valence-corrected chi connectivity index (χ0v) is 12.9. The van der Waals surface area contributed by atoms with Crippen LogP contribution in [0.5, 0.6) is 17.2 Å². The zero-order chi connectivity index (χ0) is 14.5. The van der Waals surface area contributed by atoms with Gasteiger partial charge in [0.2, 0.25) is 0 Å². The number of hydrogen-bond donors (Lipinski definition) is 1. The van der Waals surface area contributed by atoms with E-state index in [1.165, 1.54) is 25.7 Å². The minimum Gasteiger partial charge on any atom is -0.496 e. The van der Waals surface area contributed by atoms with Gasteiger partial charge in [0.1, 0.15) is 5.75 Å². The molecule has 0 amide bonds. The molecule has 1 unspecified atom stereocenters. The van der Waals surface area contributed by atoms with Gasteiger partial charge >= 0.3 is 0 Å². The Kier molecular flexibility index (Phi) is 5.12. The van der Waals surface area contributed by atoms with E-state index < -0.39 is 0 Å². The molecule has 2 rings (SSSR count). The van der Waals surface area contributed by atoms with Crippen LogP contribution < -0.4 is 19.5 Å². The fourth-order valence-electron chi connectivity index (χ4n) is 3.23. The van der Waals surface area contributed by atoms with Crippen LogP contribution in [0.2, 0.25) is 0 Å². The maximum Gasteiger partial charge on any atom is 0.164 e. The molecule has 0 spiro atoms.